The zero-order valence-electron chi connectivity index (χ0n) is 16.3. The van der Waals surface area contributed by atoms with Crippen LogP contribution in [0, 0.1) is 17.8 Å². The Kier molecular flexibility index (Phi) is 6.18. The predicted molar refractivity (Wildman–Crippen MR) is 104 cm³/mol. The second kappa shape index (κ2) is 8.39. The normalized spacial score (nSPS) is 30.3. The molecular formula is C23H32O3. The van der Waals surface area contributed by atoms with E-state index in [1.807, 2.05) is 6.92 Å². The van der Waals surface area contributed by atoms with E-state index in [0.29, 0.717) is 18.4 Å². The highest BCUT2D eigenvalue weighted by Gasteiger charge is 2.42. The Morgan fingerprint density at radius 1 is 1.15 bits per heavy atom. The first-order valence-electron chi connectivity index (χ1n) is 10.0. The Morgan fingerprint density at radius 3 is 2.62 bits per heavy atom. The van der Waals surface area contributed by atoms with Gasteiger partial charge in [-0.3, -0.25) is 4.79 Å². The third kappa shape index (κ3) is 4.76. The minimum absolute atomic E-state index is 0.0235. The summed E-state index contributed by atoms with van der Waals surface area (Å²) in [6.45, 7) is 6.71. The first kappa shape index (κ1) is 19.2. The van der Waals surface area contributed by atoms with Crippen LogP contribution in [0.25, 0.3) is 0 Å². The van der Waals surface area contributed by atoms with Gasteiger partial charge in [-0.15, -0.1) is 0 Å². The summed E-state index contributed by atoms with van der Waals surface area (Å²) < 4.78 is 11.8. The molecular weight excluding hydrogens is 324 g/mol. The van der Waals surface area contributed by atoms with Gasteiger partial charge in [-0.2, -0.15) is 0 Å². The van der Waals surface area contributed by atoms with Gasteiger partial charge in [-0.1, -0.05) is 42.5 Å². The molecule has 0 N–H and O–H groups in total. The van der Waals surface area contributed by atoms with Gasteiger partial charge in [0.1, 0.15) is 0 Å². The highest BCUT2D eigenvalue weighted by atomic mass is 16.5. The van der Waals surface area contributed by atoms with Crippen LogP contribution in [0.2, 0.25) is 0 Å². The van der Waals surface area contributed by atoms with Crippen LogP contribution >= 0.6 is 0 Å². The van der Waals surface area contributed by atoms with E-state index in [-0.39, 0.29) is 23.6 Å². The molecule has 0 amide bonds. The van der Waals surface area contributed by atoms with Crippen LogP contribution in [-0.4, -0.2) is 24.3 Å². The van der Waals surface area contributed by atoms with Gasteiger partial charge in [-0.25, -0.2) is 0 Å². The lowest BCUT2D eigenvalue weighted by Gasteiger charge is -2.31. The molecule has 4 unspecified atom stereocenters. The molecule has 3 nitrogen and oxygen atoms in total. The maximum Gasteiger partial charge on any atom is 0.309 e. The SMILES string of the molecule is CCOC(=O)C1CC=CCC1CC1OC(C)(C)CC1Cc1ccccc1. The van der Waals surface area contributed by atoms with Crippen LogP contribution in [0.1, 0.15) is 52.0 Å². The second-order valence-corrected chi connectivity index (χ2v) is 8.37. The van der Waals surface area contributed by atoms with Crippen LogP contribution in [0.5, 0.6) is 0 Å². The number of esters is 1. The van der Waals surface area contributed by atoms with Gasteiger partial charge in [0.2, 0.25) is 0 Å². The summed E-state index contributed by atoms with van der Waals surface area (Å²) in [5.74, 6) is 0.751. The number of rotatable bonds is 6. The van der Waals surface area contributed by atoms with Crippen molar-refractivity contribution in [2.24, 2.45) is 17.8 Å². The lowest BCUT2D eigenvalue weighted by atomic mass is 9.77. The second-order valence-electron chi connectivity index (χ2n) is 8.37. The topological polar surface area (TPSA) is 35.5 Å². The van der Waals surface area contributed by atoms with E-state index in [9.17, 15) is 4.79 Å². The van der Waals surface area contributed by atoms with Crippen molar-refractivity contribution in [3.63, 3.8) is 0 Å². The number of allylic oxidation sites excluding steroid dienone is 2. The van der Waals surface area contributed by atoms with Gasteiger partial charge in [0.05, 0.1) is 24.2 Å². The number of carbonyl (C=O) groups is 1. The molecule has 1 aromatic carbocycles. The maximum absolute atomic E-state index is 12.4. The average Bonchev–Trinajstić information content (AvgIpc) is 2.89. The van der Waals surface area contributed by atoms with E-state index in [0.717, 1.165) is 32.1 Å². The molecule has 26 heavy (non-hydrogen) atoms. The standard InChI is InChI=1S/C23H32O3/c1-4-25-22(24)20-13-9-8-12-18(20)15-21-19(16-23(2,3)26-21)14-17-10-6-5-7-11-17/h5-11,18-21H,4,12-16H2,1-3H3. The number of benzene rings is 1. The van der Waals surface area contributed by atoms with Gasteiger partial charge in [-0.05, 0) is 70.3 Å². The molecule has 142 valence electrons. The molecule has 4 atom stereocenters. The summed E-state index contributed by atoms with van der Waals surface area (Å²) in [6, 6.07) is 10.7. The van der Waals surface area contributed by atoms with Crippen LogP contribution in [-0.2, 0) is 20.7 Å². The Balaban J connectivity index is 1.70. The Bertz CT molecular complexity index is 620. The van der Waals surface area contributed by atoms with Crippen molar-refractivity contribution in [3.05, 3.63) is 48.0 Å². The Labute approximate surface area is 157 Å². The van der Waals surface area contributed by atoms with E-state index in [2.05, 4.69) is 56.3 Å². The van der Waals surface area contributed by atoms with Crippen molar-refractivity contribution in [1.29, 1.82) is 0 Å². The molecule has 0 spiro atoms. The third-order valence-electron chi connectivity index (χ3n) is 5.78. The summed E-state index contributed by atoms with van der Waals surface area (Å²) in [7, 11) is 0. The number of ether oxygens (including phenoxy) is 2. The maximum atomic E-state index is 12.4. The van der Waals surface area contributed by atoms with Gasteiger partial charge in [0.25, 0.3) is 0 Å². The van der Waals surface area contributed by atoms with Crippen molar-refractivity contribution in [2.45, 2.75) is 64.6 Å². The quantitative estimate of drug-likeness (QED) is 0.534. The first-order valence-corrected chi connectivity index (χ1v) is 10.0. The Hall–Kier alpha value is -1.61. The molecule has 0 aromatic heterocycles. The number of hydrogen-bond donors (Lipinski definition) is 0. The fourth-order valence-corrected chi connectivity index (χ4v) is 4.65. The average molecular weight is 357 g/mol. The summed E-state index contributed by atoms with van der Waals surface area (Å²) in [6.07, 6.45) is 9.34. The fraction of sp³-hybridized carbons (Fsp3) is 0.609. The molecule has 0 bridgehead atoms. The van der Waals surface area contributed by atoms with Crippen LogP contribution in [0.15, 0.2) is 42.5 Å². The van der Waals surface area contributed by atoms with E-state index >= 15 is 0 Å². The Morgan fingerprint density at radius 2 is 1.88 bits per heavy atom. The molecule has 1 aliphatic heterocycles. The van der Waals surface area contributed by atoms with Gasteiger partial charge in [0.15, 0.2) is 0 Å². The molecule has 0 saturated carbocycles. The molecule has 1 heterocycles. The van der Waals surface area contributed by atoms with E-state index in [1.165, 1.54) is 5.56 Å². The van der Waals surface area contributed by atoms with Crippen molar-refractivity contribution >= 4 is 5.97 Å². The van der Waals surface area contributed by atoms with Gasteiger partial charge >= 0.3 is 5.97 Å². The van der Waals surface area contributed by atoms with E-state index in [1.54, 1.807) is 0 Å². The van der Waals surface area contributed by atoms with Crippen LogP contribution in [0.3, 0.4) is 0 Å². The molecule has 2 aliphatic rings. The van der Waals surface area contributed by atoms with Crippen molar-refractivity contribution in [3.8, 4) is 0 Å². The summed E-state index contributed by atoms with van der Waals surface area (Å²) in [5, 5.41) is 0. The summed E-state index contributed by atoms with van der Waals surface area (Å²) in [4.78, 5) is 12.4. The number of carbonyl (C=O) groups excluding carboxylic acids is 1. The van der Waals surface area contributed by atoms with Crippen molar-refractivity contribution < 1.29 is 14.3 Å². The zero-order valence-corrected chi connectivity index (χ0v) is 16.3. The highest BCUT2D eigenvalue weighted by Crippen LogP contribution is 2.42. The first-order chi connectivity index (χ1) is 12.5. The van der Waals surface area contributed by atoms with Gasteiger partial charge < -0.3 is 9.47 Å². The fourth-order valence-electron chi connectivity index (χ4n) is 4.65. The smallest absolute Gasteiger partial charge is 0.309 e. The monoisotopic (exact) mass is 356 g/mol. The van der Waals surface area contributed by atoms with E-state index < -0.39 is 0 Å². The number of hydrogen-bond acceptors (Lipinski definition) is 3. The summed E-state index contributed by atoms with van der Waals surface area (Å²) >= 11 is 0. The van der Waals surface area contributed by atoms with Gasteiger partial charge in [0, 0.05) is 0 Å². The molecule has 1 saturated heterocycles. The zero-order chi connectivity index (χ0) is 18.6. The van der Waals surface area contributed by atoms with Crippen molar-refractivity contribution in [1.82, 2.24) is 0 Å². The van der Waals surface area contributed by atoms with Crippen molar-refractivity contribution in [2.75, 3.05) is 6.61 Å². The molecule has 3 rings (SSSR count). The third-order valence-corrected chi connectivity index (χ3v) is 5.78. The molecule has 1 aliphatic carbocycles. The lowest BCUT2D eigenvalue weighted by molar-refractivity contribution is -0.150. The highest BCUT2D eigenvalue weighted by molar-refractivity contribution is 5.73. The predicted octanol–water partition coefficient (Wildman–Crippen LogP) is 4.95. The minimum atomic E-state index is -0.0892. The molecule has 1 fully saturated rings. The summed E-state index contributed by atoms with van der Waals surface area (Å²) in [5.41, 5.74) is 1.28. The van der Waals surface area contributed by atoms with E-state index in [4.69, 9.17) is 9.47 Å². The minimum Gasteiger partial charge on any atom is -0.466 e. The van der Waals surface area contributed by atoms with Crippen LogP contribution < -0.4 is 0 Å². The lowest BCUT2D eigenvalue weighted by Crippen LogP contribution is -2.32. The largest absolute Gasteiger partial charge is 0.466 e. The molecule has 3 heteroatoms. The molecule has 0 radical (unpaired) electrons. The molecule has 1 aromatic rings. The van der Waals surface area contributed by atoms with Crippen LogP contribution in [0.4, 0.5) is 0 Å².